The first-order valence-electron chi connectivity index (χ1n) is 12.3. The molecule has 0 spiro atoms. The first-order chi connectivity index (χ1) is 18.7. The number of thioether (sulfide) groups is 1. The van der Waals surface area contributed by atoms with Crippen LogP contribution in [-0.2, 0) is 20.9 Å². The number of nitrogens with zero attached hydrogens (tertiary/aromatic N) is 1. The van der Waals surface area contributed by atoms with Crippen LogP contribution in [0, 0.1) is 25.2 Å². The van der Waals surface area contributed by atoms with Gasteiger partial charge in [-0.15, -0.1) is 0 Å². The van der Waals surface area contributed by atoms with Crippen molar-refractivity contribution in [1.29, 1.82) is 5.26 Å². The number of esters is 1. The average Bonchev–Trinajstić information content (AvgIpc) is 2.90. The zero-order valence-electron chi connectivity index (χ0n) is 21.9. The predicted molar refractivity (Wildman–Crippen MR) is 156 cm³/mol. The van der Waals surface area contributed by atoms with Crippen LogP contribution in [0.25, 0.3) is 0 Å². The van der Waals surface area contributed by atoms with Crippen molar-refractivity contribution in [3.63, 3.8) is 0 Å². The van der Waals surface area contributed by atoms with E-state index in [1.54, 1.807) is 31.2 Å². The van der Waals surface area contributed by atoms with Gasteiger partial charge in [0.2, 0.25) is 5.91 Å². The van der Waals surface area contributed by atoms with E-state index in [2.05, 4.69) is 16.7 Å². The summed E-state index contributed by atoms with van der Waals surface area (Å²) < 4.78 is 5.66. The van der Waals surface area contributed by atoms with Gasteiger partial charge in [-0.25, -0.2) is 4.79 Å². The molecule has 3 aromatic carbocycles. The lowest BCUT2D eigenvalue weighted by atomic mass is 9.82. The Morgan fingerprint density at radius 3 is 2.33 bits per heavy atom. The number of nitriles is 1. The Bertz CT molecular complexity index is 1470. The summed E-state index contributed by atoms with van der Waals surface area (Å²) in [5, 5.41) is 17.4. The second-order valence-electron chi connectivity index (χ2n) is 9.28. The maximum atomic E-state index is 13.4. The van der Waals surface area contributed by atoms with E-state index in [0.29, 0.717) is 26.9 Å². The van der Waals surface area contributed by atoms with Gasteiger partial charge in [0.05, 0.1) is 33.9 Å². The van der Waals surface area contributed by atoms with Crippen molar-refractivity contribution in [2.24, 2.45) is 0 Å². The lowest BCUT2D eigenvalue weighted by Gasteiger charge is -2.29. The number of allylic oxidation sites excluding steroid dienone is 2. The Kier molecular flexibility index (Phi) is 9.13. The van der Waals surface area contributed by atoms with Crippen LogP contribution in [0.5, 0.6) is 0 Å². The van der Waals surface area contributed by atoms with E-state index in [0.717, 1.165) is 27.9 Å². The number of aryl methyl sites for hydroxylation is 2. The molecule has 1 heterocycles. The average molecular weight is 558 g/mol. The first-order valence-corrected chi connectivity index (χ1v) is 13.7. The topological polar surface area (TPSA) is 91.2 Å². The maximum absolute atomic E-state index is 13.4. The molecule has 39 heavy (non-hydrogen) atoms. The molecule has 8 heteroatoms. The zero-order chi connectivity index (χ0) is 27.9. The number of halogens is 1. The molecule has 3 aromatic rings. The summed E-state index contributed by atoms with van der Waals surface area (Å²) in [6, 6.07) is 24.6. The number of benzene rings is 3. The highest BCUT2D eigenvalue weighted by molar-refractivity contribution is 8.03. The molecule has 0 saturated carbocycles. The van der Waals surface area contributed by atoms with Crippen molar-refractivity contribution in [2.75, 3.05) is 11.1 Å². The molecule has 0 saturated heterocycles. The van der Waals surface area contributed by atoms with E-state index in [1.165, 1.54) is 11.8 Å². The number of carbonyl (C=O) groups is 2. The summed E-state index contributed by atoms with van der Waals surface area (Å²) in [6.07, 6.45) is 0. The number of rotatable bonds is 8. The molecule has 198 valence electrons. The Balaban J connectivity index is 1.59. The van der Waals surface area contributed by atoms with Gasteiger partial charge < -0.3 is 15.4 Å². The summed E-state index contributed by atoms with van der Waals surface area (Å²) in [7, 11) is 0. The van der Waals surface area contributed by atoms with E-state index in [9.17, 15) is 14.9 Å². The molecule has 1 atom stereocenters. The standard InChI is InChI=1S/C31H28ClN3O3S/c1-19-13-20(2)15-25(14-19)35-27(36)18-39-30-26(16-33)29(23-9-11-24(32)12-10-23)28(21(3)34-30)31(37)38-17-22-7-5-4-6-8-22/h4-15,29,34H,17-18H2,1-3H3,(H,35,36)/t29-/m1/s1. The van der Waals surface area contributed by atoms with E-state index >= 15 is 0 Å². The maximum Gasteiger partial charge on any atom is 0.337 e. The number of nitrogens with one attached hydrogen (secondary N) is 2. The van der Waals surface area contributed by atoms with Crippen molar-refractivity contribution < 1.29 is 14.3 Å². The molecule has 0 aromatic heterocycles. The van der Waals surface area contributed by atoms with Crippen molar-refractivity contribution in [3.05, 3.63) is 122 Å². The molecule has 1 aliphatic heterocycles. The number of hydrogen-bond donors (Lipinski definition) is 2. The Morgan fingerprint density at radius 1 is 1.03 bits per heavy atom. The highest BCUT2D eigenvalue weighted by Gasteiger charge is 2.35. The fourth-order valence-electron chi connectivity index (χ4n) is 4.47. The summed E-state index contributed by atoms with van der Waals surface area (Å²) in [5.41, 5.74) is 5.65. The monoisotopic (exact) mass is 557 g/mol. The van der Waals surface area contributed by atoms with Crippen LogP contribution in [0.2, 0.25) is 5.02 Å². The van der Waals surface area contributed by atoms with Crippen molar-refractivity contribution in [2.45, 2.75) is 33.3 Å². The second-order valence-corrected chi connectivity index (χ2v) is 10.7. The number of dihydropyridines is 1. The van der Waals surface area contributed by atoms with Gasteiger partial charge in [-0.1, -0.05) is 71.9 Å². The van der Waals surface area contributed by atoms with E-state index < -0.39 is 11.9 Å². The molecule has 0 bridgehead atoms. The second kappa shape index (κ2) is 12.7. The van der Waals surface area contributed by atoms with E-state index in [4.69, 9.17) is 16.3 Å². The number of ether oxygens (including phenoxy) is 1. The predicted octanol–water partition coefficient (Wildman–Crippen LogP) is 6.77. The third-order valence-corrected chi connectivity index (χ3v) is 7.41. The summed E-state index contributed by atoms with van der Waals surface area (Å²) in [6.45, 7) is 5.82. The summed E-state index contributed by atoms with van der Waals surface area (Å²) in [5.74, 6) is -1.32. The van der Waals surface area contributed by atoms with Crippen LogP contribution >= 0.6 is 23.4 Å². The van der Waals surface area contributed by atoms with Gasteiger partial charge in [-0.2, -0.15) is 5.26 Å². The van der Waals surface area contributed by atoms with Gasteiger partial charge in [-0.05, 0) is 67.3 Å². The van der Waals surface area contributed by atoms with Crippen LogP contribution in [0.1, 0.15) is 35.1 Å². The molecule has 0 aliphatic carbocycles. The lowest BCUT2D eigenvalue weighted by molar-refractivity contribution is -0.140. The fraction of sp³-hybridized carbons (Fsp3) is 0.194. The van der Waals surface area contributed by atoms with E-state index in [1.807, 2.05) is 62.4 Å². The first kappa shape index (κ1) is 28.0. The minimum Gasteiger partial charge on any atom is -0.457 e. The minimum absolute atomic E-state index is 0.0783. The number of amides is 1. The molecule has 0 radical (unpaired) electrons. The van der Waals surface area contributed by atoms with Gasteiger partial charge >= 0.3 is 5.97 Å². The van der Waals surface area contributed by atoms with Crippen molar-refractivity contribution in [1.82, 2.24) is 5.32 Å². The van der Waals surface area contributed by atoms with Gasteiger partial charge in [0.25, 0.3) is 0 Å². The van der Waals surface area contributed by atoms with Gasteiger partial charge in [-0.3, -0.25) is 4.79 Å². The zero-order valence-corrected chi connectivity index (χ0v) is 23.5. The Hall–Kier alpha value is -3.99. The molecular weight excluding hydrogens is 530 g/mol. The van der Waals surface area contributed by atoms with Crippen molar-refractivity contribution >= 4 is 40.9 Å². The minimum atomic E-state index is -0.679. The molecule has 1 aliphatic rings. The Morgan fingerprint density at radius 2 is 1.69 bits per heavy atom. The Labute approximate surface area is 237 Å². The normalized spacial score (nSPS) is 14.9. The van der Waals surface area contributed by atoms with Crippen LogP contribution in [-0.4, -0.2) is 17.6 Å². The fourth-order valence-corrected chi connectivity index (χ4v) is 5.49. The van der Waals surface area contributed by atoms with Crippen LogP contribution in [0.3, 0.4) is 0 Å². The van der Waals surface area contributed by atoms with Crippen molar-refractivity contribution in [3.8, 4) is 6.07 Å². The number of hydrogen-bond acceptors (Lipinski definition) is 6. The molecule has 0 fully saturated rings. The molecular formula is C31H28ClN3O3S. The largest absolute Gasteiger partial charge is 0.457 e. The molecule has 4 rings (SSSR count). The third kappa shape index (κ3) is 7.11. The number of anilines is 1. The van der Waals surface area contributed by atoms with Gasteiger partial charge in [0, 0.05) is 16.4 Å². The summed E-state index contributed by atoms with van der Waals surface area (Å²) in [4.78, 5) is 26.1. The smallest absolute Gasteiger partial charge is 0.337 e. The third-order valence-electron chi connectivity index (χ3n) is 6.14. The highest BCUT2D eigenvalue weighted by atomic mass is 35.5. The van der Waals surface area contributed by atoms with Crippen LogP contribution in [0.4, 0.5) is 5.69 Å². The van der Waals surface area contributed by atoms with Gasteiger partial charge in [0.1, 0.15) is 6.61 Å². The molecule has 0 unspecified atom stereocenters. The molecule has 1 amide bonds. The summed E-state index contributed by atoms with van der Waals surface area (Å²) >= 11 is 7.34. The molecule has 2 N–H and O–H groups in total. The van der Waals surface area contributed by atoms with Crippen LogP contribution in [0.15, 0.2) is 94.7 Å². The number of carbonyl (C=O) groups excluding carboxylic acids is 2. The van der Waals surface area contributed by atoms with Gasteiger partial charge in [0.15, 0.2) is 0 Å². The lowest BCUT2D eigenvalue weighted by Crippen LogP contribution is -2.29. The highest BCUT2D eigenvalue weighted by Crippen LogP contribution is 2.41. The quantitative estimate of drug-likeness (QED) is 0.297. The van der Waals surface area contributed by atoms with Crippen LogP contribution < -0.4 is 10.6 Å². The molecule has 6 nitrogen and oxygen atoms in total. The van der Waals surface area contributed by atoms with E-state index in [-0.39, 0.29) is 18.3 Å². The SMILES string of the molecule is CC1=C(C(=O)OCc2ccccc2)[C@H](c2ccc(Cl)cc2)C(C#N)=C(SCC(=O)Nc2cc(C)cc(C)c2)N1.